The summed E-state index contributed by atoms with van der Waals surface area (Å²) >= 11 is 6.39. The minimum atomic E-state index is -0.469. The van der Waals surface area contributed by atoms with Gasteiger partial charge in [-0.05, 0) is 49.1 Å². The van der Waals surface area contributed by atoms with Gasteiger partial charge in [-0.15, -0.1) is 0 Å². The molecule has 3 rings (SSSR count). The smallest absolute Gasteiger partial charge is 0.270 e. The Kier molecular flexibility index (Phi) is 6.08. The van der Waals surface area contributed by atoms with Crippen LogP contribution in [0.4, 0.5) is 17.1 Å². The molecule has 1 fully saturated rings. The number of nitrogens with one attached hydrogen (secondary N) is 1. The molecule has 0 unspecified atom stereocenters. The monoisotopic (exact) mass is 385 g/mol. The van der Waals surface area contributed by atoms with Crippen LogP contribution in [-0.2, 0) is 4.79 Å². The Morgan fingerprint density at radius 2 is 1.93 bits per heavy atom. The van der Waals surface area contributed by atoms with Gasteiger partial charge in [-0.1, -0.05) is 23.7 Å². The number of anilines is 2. The summed E-state index contributed by atoms with van der Waals surface area (Å²) in [6.07, 6.45) is 6.45. The van der Waals surface area contributed by atoms with Gasteiger partial charge in [0.15, 0.2) is 0 Å². The fourth-order valence-electron chi connectivity index (χ4n) is 3.07. The second-order valence-corrected chi connectivity index (χ2v) is 6.80. The number of carbonyl (C=O) groups is 1. The number of nitro groups is 1. The molecule has 0 radical (unpaired) electrons. The molecular formula is C20H20ClN3O3. The lowest BCUT2D eigenvalue weighted by Gasteiger charge is -2.29. The number of rotatable bonds is 5. The number of carbonyl (C=O) groups excluding carboxylic acids is 1. The van der Waals surface area contributed by atoms with Crippen molar-refractivity contribution in [1.82, 2.24) is 0 Å². The summed E-state index contributed by atoms with van der Waals surface area (Å²) in [5.74, 6) is -0.330. The molecule has 0 saturated carbocycles. The van der Waals surface area contributed by atoms with Crippen LogP contribution in [0.1, 0.15) is 24.8 Å². The largest absolute Gasteiger partial charge is 0.370 e. The molecular weight excluding hydrogens is 366 g/mol. The summed E-state index contributed by atoms with van der Waals surface area (Å²) in [5.41, 5.74) is 2.16. The molecule has 7 heteroatoms. The van der Waals surface area contributed by atoms with Gasteiger partial charge in [0.2, 0.25) is 5.91 Å². The molecule has 1 aliphatic heterocycles. The molecule has 2 aromatic carbocycles. The predicted octanol–water partition coefficient (Wildman–Crippen LogP) is 4.89. The Morgan fingerprint density at radius 3 is 2.63 bits per heavy atom. The van der Waals surface area contributed by atoms with Gasteiger partial charge in [-0.25, -0.2) is 0 Å². The van der Waals surface area contributed by atoms with Crippen LogP contribution >= 0.6 is 11.6 Å². The van der Waals surface area contributed by atoms with Crippen molar-refractivity contribution in [3.63, 3.8) is 0 Å². The molecule has 1 saturated heterocycles. The number of benzene rings is 2. The topological polar surface area (TPSA) is 75.5 Å². The van der Waals surface area contributed by atoms with E-state index < -0.39 is 4.92 Å². The van der Waals surface area contributed by atoms with Crippen LogP contribution < -0.4 is 10.2 Å². The molecule has 0 spiro atoms. The van der Waals surface area contributed by atoms with E-state index in [4.69, 9.17) is 11.6 Å². The van der Waals surface area contributed by atoms with Crippen molar-refractivity contribution in [1.29, 1.82) is 0 Å². The quantitative estimate of drug-likeness (QED) is 0.451. The minimum Gasteiger partial charge on any atom is -0.370 e. The van der Waals surface area contributed by atoms with E-state index in [-0.39, 0.29) is 11.6 Å². The number of hydrogen-bond donors (Lipinski definition) is 1. The van der Waals surface area contributed by atoms with E-state index in [9.17, 15) is 14.9 Å². The zero-order valence-corrected chi connectivity index (χ0v) is 15.5. The third kappa shape index (κ3) is 5.08. The average Bonchev–Trinajstić information content (AvgIpc) is 2.67. The molecule has 27 heavy (non-hydrogen) atoms. The minimum absolute atomic E-state index is 0.0161. The Hall–Kier alpha value is -2.86. The molecule has 1 aliphatic rings. The van der Waals surface area contributed by atoms with Crippen molar-refractivity contribution < 1.29 is 9.72 Å². The number of halogens is 1. The Bertz CT molecular complexity index is 877. The van der Waals surface area contributed by atoms with Gasteiger partial charge in [-0.3, -0.25) is 14.9 Å². The Morgan fingerprint density at radius 1 is 1.15 bits per heavy atom. The second-order valence-electron chi connectivity index (χ2n) is 6.39. The van der Waals surface area contributed by atoms with Gasteiger partial charge in [0.1, 0.15) is 0 Å². The number of nitrogens with zero attached hydrogens (tertiary/aromatic N) is 2. The number of piperidine rings is 1. The van der Waals surface area contributed by atoms with Crippen molar-refractivity contribution in [3.8, 4) is 0 Å². The molecule has 1 heterocycles. The van der Waals surface area contributed by atoms with Crippen LogP contribution in [0.25, 0.3) is 6.08 Å². The summed E-state index contributed by atoms with van der Waals surface area (Å²) in [5, 5.41) is 14.2. The zero-order valence-electron chi connectivity index (χ0n) is 14.7. The van der Waals surface area contributed by atoms with Crippen LogP contribution in [-0.4, -0.2) is 23.9 Å². The van der Waals surface area contributed by atoms with Crippen molar-refractivity contribution in [2.24, 2.45) is 0 Å². The van der Waals surface area contributed by atoms with Crippen molar-refractivity contribution in [3.05, 3.63) is 69.2 Å². The highest BCUT2D eigenvalue weighted by Gasteiger charge is 2.14. The Labute approximate surface area is 162 Å². The Balaban J connectivity index is 1.64. The van der Waals surface area contributed by atoms with Crippen LogP contribution in [0.5, 0.6) is 0 Å². The molecule has 1 amide bonds. The number of non-ortho nitro benzene ring substituents is 1. The number of nitro benzene ring substituents is 1. The highest BCUT2D eigenvalue weighted by molar-refractivity contribution is 6.33. The van der Waals surface area contributed by atoms with Gasteiger partial charge in [0.25, 0.3) is 5.69 Å². The molecule has 1 N–H and O–H groups in total. The highest BCUT2D eigenvalue weighted by atomic mass is 35.5. The number of amides is 1. The molecule has 140 valence electrons. The highest BCUT2D eigenvalue weighted by Crippen LogP contribution is 2.30. The van der Waals surface area contributed by atoms with Crippen LogP contribution in [0.15, 0.2) is 48.5 Å². The summed E-state index contributed by atoms with van der Waals surface area (Å²) < 4.78 is 0. The van der Waals surface area contributed by atoms with E-state index in [2.05, 4.69) is 10.2 Å². The lowest BCUT2D eigenvalue weighted by Crippen LogP contribution is -2.29. The average molecular weight is 386 g/mol. The van der Waals surface area contributed by atoms with Gasteiger partial charge < -0.3 is 10.2 Å². The van der Waals surface area contributed by atoms with Gasteiger partial charge in [0.05, 0.1) is 15.6 Å². The van der Waals surface area contributed by atoms with Crippen LogP contribution in [0, 0.1) is 10.1 Å². The van der Waals surface area contributed by atoms with E-state index in [1.165, 1.54) is 30.7 Å². The van der Waals surface area contributed by atoms with Gasteiger partial charge in [-0.2, -0.15) is 0 Å². The maximum absolute atomic E-state index is 12.1. The van der Waals surface area contributed by atoms with Crippen molar-refractivity contribution in [2.45, 2.75) is 19.3 Å². The first-order valence-corrected chi connectivity index (χ1v) is 9.19. The lowest BCUT2D eigenvalue weighted by atomic mass is 10.1. The first kappa shape index (κ1) is 18.9. The van der Waals surface area contributed by atoms with E-state index in [0.717, 1.165) is 31.6 Å². The molecule has 0 aliphatic carbocycles. The third-order valence-electron chi connectivity index (χ3n) is 4.42. The molecule has 0 atom stereocenters. The summed E-state index contributed by atoms with van der Waals surface area (Å²) in [4.78, 5) is 24.7. The van der Waals surface area contributed by atoms with Crippen molar-refractivity contribution in [2.75, 3.05) is 23.3 Å². The third-order valence-corrected chi connectivity index (χ3v) is 4.72. The maximum Gasteiger partial charge on any atom is 0.270 e. The van der Waals surface area contributed by atoms with Gasteiger partial charge in [0, 0.05) is 37.0 Å². The second kappa shape index (κ2) is 8.68. The number of hydrogen-bond acceptors (Lipinski definition) is 4. The molecule has 2 aromatic rings. The van der Waals surface area contributed by atoms with E-state index in [1.807, 2.05) is 12.1 Å². The van der Waals surface area contributed by atoms with E-state index >= 15 is 0 Å². The molecule has 0 aromatic heterocycles. The predicted molar refractivity (Wildman–Crippen MR) is 108 cm³/mol. The van der Waals surface area contributed by atoms with Gasteiger partial charge >= 0.3 is 0 Å². The SMILES string of the molecule is O=C(/C=C/c1cccc([N+](=O)[O-])c1)Nc1ccc(N2CCCCC2)c(Cl)c1. The maximum atomic E-state index is 12.1. The zero-order chi connectivity index (χ0) is 19.2. The summed E-state index contributed by atoms with van der Waals surface area (Å²) in [6, 6.07) is 11.6. The first-order chi connectivity index (χ1) is 13.0. The molecule has 0 bridgehead atoms. The standard InChI is InChI=1S/C20H20ClN3O3/c21-18-14-16(8-9-19(18)23-11-2-1-3-12-23)22-20(25)10-7-15-5-4-6-17(13-15)24(26)27/h4-10,13-14H,1-3,11-12H2,(H,22,25)/b10-7+. The van der Waals surface area contributed by atoms with Crippen LogP contribution in [0.2, 0.25) is 5.02 Å². The summed E-state index contributed by atoms with van der Waals surface area (Å²) in [6.45, 7) is 1.99. The lowest BCUT2D eigenvalue weighted by molar-refractivity contribution is -0.384. The normalized spacial score (nSPS) is 14.3. The first-order valence-electron chi connectivity index (χ1n) is 8.81. The fourth-order valence-corrected chi connectivity index (χ4v) is 3.37. The summed E-state index contributed by atoms with van der Waals surface area (Å²) in [7, 11) is 0. The molecule has 6 nitrogen and oxygen atoms in total. The van der Waals surface area contributed by atoms with Crippen molar-refractivity contribution >= 4 is 40.6 Å². The fraction of sp³-hybridized carbons (Fsp3) is 0.250. The van der Waals surface area contributed by atoms with E-state index in [0.29, 0.717) is 16.3 Å². The van der Waals surface area contributed by atoms with Crippen LogP contribution in [0.3, 0.4) is 0 Å². The van der Waals surface area contributed by atoms with E-state index in [1.54, 1.807) is 18.2 Å².